The highest BCUT2D eigenvalue weighted by Crippen LogP contribution is 2.09. The van der Waals surface area contributed by atoms with E-state index in [1.54, 1.807) is 0 Å². The Labute approximate surface area is 106 Å². The minimum atomic E-state index is -3.11. The van der Waals surface area contributed by atoms with Gasteiger partial charge in [-0.25, -0.2) is 13.1 Å². The molecule has 1 aliphatic heterocycles. The van der Waals surface area contributed by atoms with Crippen molar-refractivity contribution in [3.8, 4) is 0 Å². The highest BCUT2D eigenvalue weighted by atomic mass is 32.2. The topological polar surface area (TPSA) is 58.2 Å². The van der Waals surface area contributed by atoms with Crippen LogP contribution in [0.1, 0.15) is 52.4 Å². The second-order valence-electron chi connectivity index (χ2n) is 5.09. The average molecular weight is 262 g/mol. The molecule has 0 aliphatic carbocycles. The molecular weight excluding hydrogens is 236 g/mol. The largest absolute Gasteiger partial charge is 0.313 e. The monoisotopic (exact) mass is 262 g/mol. The van der Waals surface area contributed by atoms with Crippen molar-refractivity contribution in [2.24, 2.45) is 0 Å². The van der Waals surface area contributed by atoms with Crippen LogP contribution < -0.4 is 10.0 Å². The first-order valence-corrected chi connectivity index (χ1v) is 8.42. The summed E-state index contributed by atoms with van der Waals surface area (Å²) in [4.78, 5) is 0. The van der Waals surface area contributed by atoms with E-state index in [0.717, 1.165) is 32.2 Å². The van der Waals surface area contributed by atoms with Crippen LogP contribution in [0.2, 0.25) is 0 Å². The second-order valence-corrected chi connectivity index (χ2v) is 6.89. The molecule has 1 rings (SSSR count). The van der Waals surface area contributed by atoms with E-state index in [2.05, 4.69) is 17.0 Å². The first kappa shape index (κ1) is 14.9. The van der Waals surface area contributed by atoms with Crippen LogP contribution in [-0.2, 0) is 10.0 Å². The van der Waals surface area contributed by atoms with Crippen molar-refractivity contribution in [3.63, 3.8) is 0 Å². The number of hydrogen-bond donors (Lipinski definition) is 2. The van der Waals surface area contributed by atoms with Gasteiger partial charge in [0.15, 0.2) is 0 Å². The molecule has 2 N–H and O–H groups in total. The summed E-state index contributed by atoms with van der Waals surface area (Å²) in [5.41, 5.74) is 0. The molecule has 0 radical (unpaired) electrons. The molecule has 1 fully saturated rings. The van der Waals surface area contributed by atoms with E-state index in [1.807, 2.05) is 6.92 Å². The SMILES string of the molecule is CCCCCC(C)NS(=O)(=O)CC1CCCN1. The lowest BCUT2D eigenvalue weighted by atomic mass is 10.1. The van der Waals surface area contributed by atoms with Gasteiger partial charge < -0.3 is 5.32 Å². The van der Waals surface area contributed by atoms with Crippen LogP contribution in [0.15, 0.2) is 0 Å². The zero-order valence-corrected chi connectivity index (χ0v) is 11.9. The molecule has 1 aliphatic rings. The fourth-order valence-electron chi connectivity index (χ4n) is 2.28. The van der Waals surface area contributed by atoms with Gasteiger partial charge in [0.1, 0.15) is 0 Å². The minimum absolute atomic E-state index is 0.0629. The van der Waals surface area contributed by atoms with Crippen molar-refractivity contribution < 1.29 is 8.42 Å². The van der Waals surface area contributed by atoms with Crippen LogP contribution in [0.4, 0.5) is 0 Å². The molecule has 17 heavy (non-hydrogen) atoms. The maximum Gasteiger partial charge on any atom is 0.213 e. The van der Waals surface area contributed by atoms with Gasteiger partial charge >= 0.3 is 0 Å². The predicted molar refractivity (Wildman–Crippen MR) is 71.6 cm³/mol. The Morgan fingerprint density at radius 1 is 1.41 bits per heavy atom. The van der Waals surface area contributed by atoms with Gasteiger partial charge in [-0.15, -0.1) is 0 Å². The molecule has 1 saturated heterocycles. The van der Waals surface area contributed by atoms with Crippen molar-refractivity contribution in [2.75, 3.05) is 12.3 Å². The molecule has 0 aromatic carbocycles. The molecule has 0 bridgehead atoms. The molecular formula is C12H26N2O2S. The van der Waals surface area contributed by atoms with Crippen LogP contribution in [0, 0.1) is 0 Å². The van der Waals surface area contributed by atoms with Gasteiger partial charge in [-0.2, -0.15) is 0 Å². The van der Waals surface area contributed by atoms with Gasteiger partial charge in [-0.1, -0.05) is 26.2 Å². The quantitative estimate of drug-likeness (QED) is 0.654. The standard InChI is InChI=1S/C12H26N2O2S/c1-3-4-5-7-11(2)14-17(15,16)10-12-8-6-9-13-12/h11-14H,3-10H2,1-2H3. The molecule has 0 aromatic rings. The zero-order chi connectivity index (χ0) is 12.7. The van der Waals surface area contributed by atoms with Gasteiger partial charge in [0.05, 0.1) is 5.75 Å². The van der Waals surface area contributed by atoms with Crippen LogP contribution in [0.5, 0.6) is 0 Å². The average Bonchev–Trinajstić information content (AvgIpc) is 2.69. The highest BCUT2D eigenvalue weighted by molar-refractivity contribution is 7.89. The normalized spacial score (nSPS) is 22.8. The summed E-state index contributed by atoms with van der Waals surface area (Å²) in [6.07, 6.45) is 6.45. The molecule has 0 saturated carbocycles. The Morgan fingerprint density at radius 2 is 2.18 bits per heavy atom. The zero-order valence-electron chi connectivity index (χ0n) is 11.0. The smallest absolute Gasteiger partial charge is 0.213 e. The molecule has 0 spiro atoms. The fraction of sp³-hybridized carbons (Fsp3) is 1.00. The third-order valence-corrected chi connectivity index (χ3v) is 4.81. The predicted octanol–water partition coefficient (Wildman–Crippen LogP) is 1.63. The summed E-state index contributed by atoms with van der Waals surface area (Å²) in [6, 6.07) is 0.211. The van der Waals surface area contributed by atoms with Crippen molar-refractivity contribution in [3.05, 3.63) is 0 Å². The molecule has 4 nitrogen and oxygen atoms in total. The van der Waals surface area contributed by atoms with Crippen LogP contribution in [-0.4, -0.2) is 32.8 Å². The third-order valence-electron chi connectivity index (χ3n) is 3.20. The molecule has 1 heterocycles. The van der Waals surface area contributed by atoms with Crippen LogP contribution >= 0.6 is 0 Å². The van der Waals surface area contributed by atoms with Gasteiger partial charge in [0.2, 0.25) is 10.0 Å². The molecule has 0 aromatic heterocycles. The summed E-state index contributed by atoms with van der Waals surface area (Å²) < 4.78 is 26.5. The number of nitrogens with one attached hydrogen (secondary N) is 2. The number of hydrogen-bond acceptors (Lipinski definition) is 3. The van der Waals surface area contributed by atoms with E-state index < -0.39 is 10.0 Å². The third kappa shape index (κ3) is 6.38. The second kappa shape index (κ2) is 7.34. The van der Waals surface area contributed by atoms with Crippen molar-refractivity contribution >= 4 is 10.0 Å². The Morgan fingerprint density at radius 3 is 2.76 bits per heavy atom. The maximum absolute atomic E-state index is 11.9. The van der Waals surface area contributed by atoms with Crippen molar-refractivity contribution in [1.29, 1.82) is 0 Å². The first-order chi connectivity index (χ1) is 8.03. The summed E-state index contributed by atoms with van der Waals surface area (Å²) >= 11 is 0. The summed E-state index contributed by atoms with van der Waals surface area (Å²) in [5, 5.41) is 3.22. The number of rotatable bonds is 8. The van der Waals surface area contributed by atoms with E-state index in [1.165, 1.54) is 12.8 Å². The maximum atomic E-state index is 11.9. The molecule has 2 atom stereocenters. The van der Waals surface area contributed by atoms with E-state index in [9.17, 15) is 8.42 Å². The van der Waals surface area contributed by atoms with Crippen LogP contribution in [0.3, 0.4) is 0 Å². The highest BCUT2D eigenvalue weighted by Gasteiger charge is 2.22. The summed E-state index contributed by atoms with van der Waals surface area (Å²) in [6.45, 7) is 5.06. The van der Waals surface area contributed by atoms with E-state index in [-0.39, 0.29) is 17.8 Å². The van der Waals surface area contributed by atoms with E-state index in [0.29, 0.717) is 0 Å². The van der Waals surface area contributed by atoms with Crippen molar-refractivity contribution in [1.82, 2.24) is 10.0 Å². The lowest BCUT2D eigenvalue weighted by Gasteiger charge is -2.16. The van der Waals surface area contributed by atoms with Gasteiger partial charge in [0, 0.05) is 12.1 Å². The molecule has 2 unspecified atom stereocenters. The Kier molecular flexibility index (Phi) is 6.44. The minimum Gasteiger partial charge on any atom is -0.313 e. The Balaban J connectivity index is 2.27. The van der Waals surface area contributed by atoms with Gasteiger partial charge in [-0.3, -0.25) is 0 Å². The number of unbranched alkanes of at least 4 members (excludes halogenated alkanes) is 2. The molecule has 102 valence electrons. The molecule has 0 amide bonds. The Bertz CT molecular complexity index is 298. The lowest BCUT2D eigenvalue weighted by Crippen LogP contribution is -2.40. The molecule has 5 heteroatoms. The summed E-state index contributed by atoms with van der Waals surface area (Å²) in [5.74, 6) is 0.227. The number of sulfonamides is 1. The summed E-state index contributed by atoms with van der Waals surface area (Å²) in [7, 11) is -3.11. The first-order valence-electron chi connectivity index (χ1n) is 6.77. The van der Waals surface area contributed by atoms with E-state index >= 15 is 0 Å². The lowest BCUT2D eigenvalue weighted by molar-refractivity contribution is 0.519. The van der Waals surface area contributed by atoms with E-state index in [4.69, 9.17) is 0 Å². The van der Waals surface area contributed by atoms with Crippen LogP contribution in [0.25, 0.3) is 0 Å². The van der Waals surface area contributed by atoms with Gasteiger partial charge in [-0.05, 0) is 32.7 Å². The van der Waals surface area contributed by atoms with Gasteiger partial charge in [0.25, 0.3) is 0 Å². The Hall–Kier alpha value is -0.130. The fourth-order valence-corrected chi connectivity index (χ4v) is 3.92. The van der Waals surface area contributed by atoms with Crippen molar-refractivity contribution in [2.45, 2.75) is 64.5 Å².